The van der Waals surface area contributed by atoms with Crippen LogP contribution in [-0.2, 0) is 4.79 Å². The highest BCUT2D eigenvalue weighted by atomic mass is 32.1. The standard InChI is InChI=1S/C11H11N5O3S/c1-6(10-13-15-16-14-10)12-11(19)7-4-8(20-5-7)2-3-9(17)18/h2-6H,1H3,(H,12,19)(H,17,18)(H,13,14,15,16). The Morgan fingerprint density at radius 1 is 1.55 bits per heavy atom. The fourth-order valence-corrected chi connectivity index (χ4v) is 2.19. The van der Waals surface area contributed by atoms with Crippen LogP contribution in [0.5, 0.6) is 0 Å². The summed E-state index contributed by atoms with van der Waals surface area (Å²) in [5.41, 5.74) is 0.454. The first-order chi connectivity index (χ1) is 9.56. The van der Waals surface area contributed by atoms with Gasteiger partial charge in [-0.05, 0) is 19.1 Å². The van der Waals surface area contributed by atoms with Crippen molar-refractivity contribution in [3.05, 3.63) is 33.8 Å². The molecule has 9 heteroatoms. The van der Waals surface area contributed by atoms with E-state index in [0.717, 1.165) is 6.08 Å². The minimum absolute atomic E-state index is 0.284. The Balaban J connectivity index is 2.01. The molecule has 0 aliphatic rings. The molecule has 0 fully saturated rings. The molecule has 20 heavy (non-hydrogen) atoms. The van der Waals surface area contributed by atoms with Crippen LogP contribution in [0.4, 0.5) is 0 Å². The summed E-state index contributed by atoms with van der Waals surface area (Å²) in [5, 5.41) is 26.2. The summed E-state index contributed by atoms with van der Waals surface area (Å²) in [6.45, 7) is 1.74. The normalized spacial score (nSPS) is 12.4. The number of aliphatic carboxylic acids is 1. The van der Waals surface area contributed by atoms with Gasteiger partial charge in [0.2, 0.25) is 0 Å². The molecule has 0 aromatic carbocycles. The van der Waals surface area contributed by atoms with Gasteiger partial charge in [0.05, 0.1) is 11.6 Å². The first-order valence-corrected chi connectivity index (χ1v) is 6.48. The first-order valence-electron chi connectivity index (χ1n) is 5.60. The molecule has 2 aromatic heterocycles. The summed E-state index contributed by atoms with van der Waals surface area (Å²) in [6.07, 6.45) is 2.46. The van der Waals surface area contributed by atoms with Gasteiger partial charge in [-0.2, -0.15) is 5.21 Å². The third kappa shape index (κ3) is 3.48. The van der Waals surface area contributed by atoms with Gasteiger partial charge >= 0.3 is 5.97 Å². The van der Waals surface area contributed by atoms with E-state index in [1.54, 1.807) is 18.4 Å². The first kappa shape index (κ1) is 13.9. The second kappa shape index (κ2) is 6.06. The maximum absolute atomic E-state index is 12.0. The van der Waals surface area contributed by atoms with E-state index in [0.29, 0.717) is 16.3 Å². The lowest BCUT2D eigenvalue weighted by molar-refractivity contribution is -0.131. The van der Waals surface area contributed by atoms with Gasteiger partial charge in [0.15, 0.2) is 5.82 Å². The van der Waals surface area contributed by atoms with Gasteiger partial charge in [-0.25, -0.2) is 4.79 Å². The van der Waals surface area contributed by atoms with Crippen LogP contribution in [0.1, 0.15) is 34.0 Å². The molecule has 0 spiro atoms. The highest BCUT2D eigenvalue weighted by Crippen LogP contribution is 2.17. The Labute approximate surface area is 117 Å². The molecule has 0 saturated carbocycles. The molecule has 8 nitrogen and oxygen atoms in total. The minimum atomic E-state index is -1.03. The molecule has 0 saturated heterocycles. The van der Waals surface area contributed by atoms with Gasteiger partial charge in [0.25, 0.3) is 5.91 Å². The number of carbonyl (C=O) groups is 2. The Bertz CT molecular complexity index is 634. The number of carboxylic acids is 1. The Kier molecular flexibility index (Phi) is 4.20. The van der Waals surface area contributed by atoms with Gasteiger partial charge in [-0.3, -0.25) is 4.79 Å². The predicted octanol–water partition coefficient (Wildman–Crippen LogP) is 0.850. The number of nitrogens with zero attached hydrogens (tertiary/aromatic N) is 3. The largest absolute Gasteiger partial charge is 0.478 e. The summed E-state index contributed by atoms with van der Waals surface area (Å²) in [6, 6.07) is 1.24. The van der Waals surface area contributed by atoms with Gasteiger partial charge in [0, 0.05) is 16.3 Å². The average molecular weight is 293 g/mol. The molecule has 0 radical (unpaired) electrons. The van der Waals surface area contributed by atoms with E-state index in [1.807, 2.05) is 0 Å². The number of aromatic nitrogens is 4. The van der Waals surface area contributed by atoms with Crippen LogP contribution < -0.4 is 5.32 Å². The molecule has 2 heterocycles. The molecule has 1 atom stereocenters. The van der Waals surface area contributed by atoms with E-state index in [2.05, 4.69) is 25.9 Å². The lowest BCUT2D eigenvalue weighted by Crippen LogP contribution is -2.27. The number of hydrogen-bond donors (Lipinski definition) is 3. The highest BCUT2D eigenvalue weighted by molar-refractivity contribution is 7.11. The monoisotopic (exact) mass is 293 g/mol. The molecular formula is C11H11N5O3S. The number of tetrazole rings is 1. The molecule has 0 aliphatic carbocycles. The lowest BCUT2D eigenvalue weighted by atomic mass is 10.2. The number of amides is 1. The van der Waals surface area contributed by atoms with Crippen LogP contribution in [0.3, 0.4) is 0 Å². The van der Waals surface area contributed by atoms with E-state index in [9.17, 15) is 9.59 Å². The summed E-state index contributed by atoms with van der Waals surface area (Å²) in [4.78, 5) is 23.1. The minimum Gasteiger partial charge on any atom is -0.478 e. The molecule has 0 bridgehead atoms. The van der Waals surface area contributed by atoms with Crippen LogP contribution in [0, 0.1) is 0 Å². The maximum Gasteiger partial charge on any atom is 0.328 e. The third-order valence-electron chi connectivity index (χ3n) is 2.37. The Hall–Kier alpha value is -2.55. The molecule has 3 N–H and O–H groups in total. The van der Waals surface area contributed by atoms with Crippen molar-refractivity contribution in [2.45, 2.75) is 13.0 Å². The quantitative estimate of drug-likeness (QED) is 0.703. The smallest absolute Gasteiger partial charge is 0.328 e. The van der Waals surface area contributed by atoms with Crippen molar-refractivity contribution in [3.8, 4) is 0 Å². The molecule has 1 amide bonds. The van der Waals surface area contributed by atoms with Gasteiger partial charge in [-0.1, -0.05) is 5.21 Å². The van der Waals surface area contributed by atoms with Crippen molar-refractivity contribution in [1.29, 1.82) is 0 Å². The van der Waals surface area contributed by atoms with E-state index in [-0.39, 0.29) is 11.9 Å². The fraction of sp³-hybridized carbons (Fsp3) is 0.182. The zero-order valence-corrected chi connectivity index (χ0v) is 11.2. The van der Waals surface area contributed by atoms with Crippen LogP contribution >= 0.6 is 11.3 Å². The zero-order chi connectivity index (χ0) is 14.5. The van der Waals surface area contributed by atoms with Crippen molar-refractivity contribution < 1.29 is 14.7 Å². The second-order valence-electron chi connectivity index (χ2n) is 3.87. The van der Waals surface area contributed by atoms with Crippen LogP contribution in [0.25, 0.3) is 6.08 Å². The van der Waals surface area contributed by atoms with E-state index in [1.165, 1.54) is 17.4 Å². The van der Waals surface area contributed by atoms with E-state index >= 15 is 0 Å². The zero-order valence-electron chi connectivity index (χ0n) is 10.4. The molecule has 2 rings (SSSR count). The van der Waals surface area contributed by atoms with Gasteiger partial charge < -0.3 is 10.4 Å². The lowest BCUT2D eigenvalue weighted by Gasteiger charge is -2.08. The van der Waals surface area contributed by atoms with Crippen molar-refractivity contribution in [2.75, 3.05) is 0 Å². The molecule has 2 aromatic rings. The van der Waals surface area contributed by atoms with Crippen molar-refractivity contribution in [3.63, 3.8) is 0 Å². The van der Waals surface area contributed by atoms with Crippen molar-refractivity contribution in [1.82, 2.24) is 25.9 Å². The SMILES string of the molecule is CC(NC(=O)c1csc(C=CC(=O)O)c1)c1nn[nH]n1. The number of thiophene rings is 1. The van der Waals surface area contributed by atoms with Gasteiger partial charge in [0.1, 0.15) is 0 Å². The topological polar surface area (TPSA) is 121 Å². The summed E-state index contributed by atoms with van der Waals surface area (Å²) < 4.78 is 0. The Morgan fingerprint density at radius 2 is 2.35 bits per heavy atom. The van der Waals surface area contributed by atoms with E-state index < -0.39 is 5.97 Å². The Morgan fingerprint density at radius 3 is 3.00 bits per heavy atom. The summed E-state index contributed by atoms with van der Waals surface area (Å²) in [5.74, 6) is -0.928. The third-order valence-corrected chi connectivity index (χ3v) is 3.27. The number of nitrogens with one attached hydrogen (secondary N) is 2. The number of H-pyrrole nitrogens is 1. The van der Waals surface area contributed by atoms with Crippen LogP contribution in [0.15, 0.2) is 17.5 Å². The number of aromatic amines is 1. The van der Waals surface area contributed by atoms with E-state index in [4.69, 9.17) is 5.11 Å². The summed E-state index contributed by atoms with van der Waals surface area (Å²) in [7, 11) is 0. The number of hydrogen-bond acceptors (Lipinski definition) is 6. The van der Waals surface area contributed by atoms with Crippen LogP contribution in [-0.4, -0.2) is 37.6 Å². The van der Waals surface area contributed by atoms with Gasteiger partial charge in [-0.15, -0.1) is 21.5 Å². The average Bonchev–Trinajstić information content (AvgIpc) is 3.07. The van der Waals surface area contributed by atoms with Crippen molar-refractivity contribution in [2.24, 2.45) is 0 Å². The molecular weight excluding hydrogens is 282 g/mol. The fourth-order valence-electron chi connectivity index (χ4n) is 1.41. The number of carbonyl (C=O) groups excluding carboxylic acids is 1. The predicted molar refractivity (Wildman–Crippen MR) is 71.0 cm³/mol. The number of carboxylic acid groups (broad SMARTS) is 1. The van der Waals surface area contributed by atoms with Crippen molar-refractivity contribution >= 4 is 29.3 Å². The number of rotatable bonds is 5. The highest BCUT2D eigenvalue weighted by Gasteiger charge is 2.15. The maximum atomic E-state index is 12.0. The second-order valence-corrected chi connectivity index (χ2v) is 4.82. The molecule has 104 valence electrons. The molecule has 0 aliphatic heterocycles. The van der Waals surface area contributed by atoms with Crippen LogP contribution in [0.2, 0.25) is 0 Å². The summed E-state index contributed by atoms with van der Waals surface area (Å²) >= 11 is 1.28. The molecule has 1 unspecified atom stereocenters.